The Kier molecular flexibility index (Phi) is 98.8. The van der Waals surface area contributed by atoms with Crippen molar-refractivity contribution < 1.29 is 62.9 Å². The maximum absolute atomic E-state index is 2.12. The van der Waals surface area contributed by atoms with Crippen LogP contribution in [-0.4, -0.2) is 98.2 Å². The van der Waals surface area contributed by atoms with Gasteiger partial charge in [0.2, 0.25) is 0 Å². The minimum Gasteiger partial charge on any atom is -0.412 e. The maximum atomic E-state index is 2.12. The summed E-state index contributed by atoms with van der Waals surface area (Å²) in [4.78, 5) is 0. The van der Waals surface area contributed by atoms with E-state index >= 15 is 0 Å². The fourth-order valence-electron chi connectivity index (χ4n) is 0. The fraction of sp³-hybridized carbons (Fsp3) is 1.00. The maximum Gasteiger partial charge on any atom is 0.0675 e. The Hall–Kier alpha value is 0.368. The van der Waals surface area contributed by atoms with Crippen molar-refractivity contribution >= 4 is 0 Å². The summed E-state index contributed by atoms with van der Waals surface area (Å²) in [6.07, 6.45) is 0. The topological polar surface area (TPSA) is 189 Å². The van der Waals surface area contributed by atoms with Crippen LogP contribution in [0.25, 0.3) is 0 Å². The van der Waals surface area contributed by atoms with Crippen LogP contribution in [0.5, 0.6) is 0 Å². The predicted octanol–water partition coefficient (Wildman–Crippen LogP) is -4.31. The average Bonchev–Trinajstić information content (AvgIpc) is 1.12. The van der Waals surface area contributed by atoms with Gasteiger partial charge >= 0.3 is 0 Å². The monoisotopic (exact) mass is 451 g/mol. The van der Waals surface area contributed by atoms with E-state index in [1.165, 1.54) is 0 Å². The zero-order chi connectivity index (χ0) is 9.00. The first-order chi connectivity index (χ1) is 4.00. The van der Waals surface area contributed by atoms with E-state index in [2.05, 4.69) is 56.4 Å². The quantitative estimate of drug-likeness (QED) is 0.322. The zero-order valence-electron chi connectivity index (χ0n) is 12.2. The molecule has 0 aromatic rings. The summed E-state index contributed by atoms with van der Waals surface area (Å²) in [5.41, 5.74) is 0. The summed E-state index contributed by atoms with van der Waals surface area (Å²) in [7, 11) is 17.0. The summed E-state index contributed by atoms with van der Waals surface area (Å²) in [6, 6.07) is 0. The van der Waals surface area contributed by atoms with E-state index in [-0.39, 0.29) is 53.9 Å². The molecule has 0 bridgehead atoms. The molecule has 0 saturated heterocycles. The molecule has 122 valence electrons. The van der Waals surface area contributed by atoms with E-state index in [0.717, 1.165) is 8.97 Å². The first-order valence-electron chi connectivity index (χ1n) is 3.58. The van der Waals surface area contributed by atoms with E-state index in [4.69, 9.17) is 0 Å². The Morgan fingerprint density at radius 1 is 0.353 bits per heavy atom. The van der Waals surface area contributed by atoms with Crippen LogP contribution in [0.1, 0.15) is 0 Å². The van der Waals surface area contributed by atoms with Gasteiger partial charge in [-0.2, -0.15) is 0 Å². The van der Waals surface area contributed by atoms with Crippen molar-refractivity contribution in [2.24, 2.45) is 0 Å². The van der Waals surface area contributed by atoms with Crippen molar-refractivity contribution in [2.75, 3.05) is 56.4 Å². The first-order valence-corrected chi connectivity index (χ1v) is 3.58. The van der Waals surface area contributed by atoms with Gasteiger partial charge in [0.25, 0.3) is 0 Å². The molecular weight excluding hydrogens is 415 g/mol. The van der Waals surface area contributed by atoms with Crippen LogP contribution in [0.4, 0.5) is 0 Å². The van der Waals surface area contributed by atoms with Gasteiger partial charge in [-0.3, -0.25) is 0 Å². The molecule has 0 amide bonds. The molecule has 0 fully saturated rings. The largest absolute Gasteiger partial charge is 0.412 e. The first kappa shape index (κ1) is 66.4. The average molecular weight is 451 g/mol. The smallest absolute Gasteiger partial charge is 0.0675 e. The summed E-state index contributed by atoms with van der Waals surface area (Å²) >= 11 is 0. The zero-order valence-corrected chi connectivity index (χ0v) is 14.5. The van der Waals surface area contributed by atoms with E-state index in [9.17, 15) is 0 Å². The molecule has 0 aliphatic rings. The van der Waals surface area contributed by atoms with Gasteiger partial charge in [0.1, 0.15) is 0 Å². The number of quaternary nitrogens is 2. The molecule has 0 aromatic carbocycles. The predicted molar refractivity (Wildman–Crippen MR) is 69.6 cm³/mol. The van der Waals surface area contributed by atoms with Crippen LogP contribution >= 0.6 is 0 Å². The molecule has 0 atom stereocenters. The van der Waals surface area contributed by atoms with E-state index in [1.807, 2.05) is 0 Å². The van der Waals surface area contributed by atoms with Gasteiger partial charge in [0, 0.05) is 21.1 Å². The standard InChI is InChI=1S/2C4H12N.6H2O.Pt/c2*1-5(2,3)4;;;;;;;/h2*1-4H3;6*1H2;/q2*+1;;;;;;;. The van der Waals surface area contributed by atoms with Crippen LogP contribution < -0.4 is 0 Å². The van der Waals surface area contributed by atoms with Gasteiger partial charge in [-0.1, -0.05) is 0 Å². The molecule has 17 heavy (non-hydrogen) atoms. The van der Waals surface area contributed by atoms with Crippen molar-refractivity contribution in [3.8, 4) is 0 Å². The van der Waals surface area contributed by atoms with Crippen molar-refractivity contribution in [3.05, 3.63) is 0 Å². The number of hydrogen-bond donors (Lipinski definition) is 0. The molecule has 8 nitrogen and oxygen atoms in total. The van der Waals surface area contributed by atoms with Crippen LogP contribution in [0.2, 0.25) is 0 Å². The van der Waals surface area contributed by atoms with Gasteiger partial charge in [0.05, 0.1) is 56.4 Å². The van der Waals surface area contributed by atoms with Crippen molar-refractivity contribution in [1.82, 2.24) is 0 Å². The molecule has 0 spiro atoms. The Morgan fingerprint density at radius 3 is 0.353 bits per heavy atom. The summed E-state index contributed by atoms with van der Waals surface area (Å²) < 4.78 is 2.00. The molecule has 0 rings (SSSR count). The SMILES string of the molecule is C[N+](C)(C)C.C[N+](C)(C)C.O.O.O.O.O.O.[Pt]. The molecule has 0 saturated carbocycles. The number of rotatable bonds is 0. The van der Waals surface area contributed by atoms with Crippen LogP contribution in [0, 0.1) is 0 Å². The Balaban J connectivity index is -0.00000000762. The summed E-state index contributed by atoms with van der Waals surface area (Å²) in [5, 5.41) is 0. The molecular formula is C8H36N2O6Pt+2. The van der Waals surface area contributed by atoms with E-state index in [1.54, 1.807) is 0 Å². The molecule has 0 aromatic heterocycles. The Morgan fingerprint density at radius 2 is 0.353 bits per heavy atom. The van der Waals surface area contributed by atoms with Crippen molar-refractivity contribution in [3.63, 3.8) is 0 Å². The second-order valence-corrected chi connectivity index (χ2v) is 5.37. The normalized spacial score (nSPS) is 7.06. The minimum atomic E-state index is 0. The minimum absolute atomic E-state index is 0. The van der Waals surface area contributed by atoms with Crippen LogP contribution in [-0.2, 0) is 21.1 Å². The van der Waals surface area contributed by atoms with E-state index in [0.29, 0.717) is 0 Å². The van der Waals surface area contributed by atoms with Gasteiger partial charge in [-0.05, 0) is 0 Å². The fourth-order valence-corrected chi connectivity index (χ4v) is 0. The molecule has 0 heterocycles. The van der Waals surface area contributed by atoms with Crippen LogP contribution in [0.3, 0.4) is 0 Å². The van der Waals surface area contributed by atoms with E-state index < -0.39 is 0 Å². The van der Waals surface area contributed by atoms with Crippen molar-refractivity contribution in [1.29, 1.82) is 0 Å². The second kappa shape index (κ2) is 25.3. The number of nitrogens with zero attached hydrogens (tertiary/aromatic N) is 2. The third-order valence-corrected chi connectivity index (χ3v) is 0. The van der Waals surface area contributed by atoms with Crippen LogP contribution in [0.15, 0.2) is 0 Å². The Labute approximate surface area is 120 Å². The third-order valence-electron chi connectivity index (χ3n) is 0. The van der Waals surface area contributed by atoms with Gasteiger partial charge in [0.15, 0.2) is 0 Å². The molecule has 12 N–H and O–H groups in total. The number of hydrogen-bond acceptors (Lipinski definition) is 0. The van der Waals surface area contributed by atoms with Gasteiger partial charge in [-0.15, -0.1) is 0 Å². The Bertz CT molecular complexity index is 71.0. The molecule has 0 unspecified atom stereocenters. The molecule has 0 aliphatic carbocycles. The van der Waals surface area contributed by atoms with Gasteiger partial charge in [-0.25, -0.2) is 0 Å². The second-order valence-electron chi connectivity index (χ2n) is 5.37. The molecule has 9 heteroatoms. The van der Waals surface area contributed by atoms with Crippen molar-refractivity contribution in [2.45, 2.75) is 0 Å². The molecule has 0 aliphatic heterocycles. The molecule has 0 radical (unpaired) electrons. The summed E-state index contributed by atoms with van der Waals surface area (Å²) in [5.74, 6) is 0. The summed E-state index contributed by atoms with van der Waals surface area (Å²) in [6.45, 7) is 0. The van der Waals surface area contributed by atoms with Gasteiger partial charge < -0.3 is 41.8 Å². The third kappa shape index (κ3) is 24900.